The summed E-state index contributed by atoms with van der Waals surface area (Å²) in [5.41, 5.74) is -3.79. The Bertz CT molecular complexity index is 3300. The molecule has 84 heavy (non-hydrogen) atoms. The molecule has 0 saturated carbocycles. The molecule has 3 saturated heterocycles. The minimum absolute atomic E-state index is 0. The third kappa shape index (κ3) is 18.0. The third-order valence-electron chi connectivity index (χ3n) is 12.9. The van der Waals surface area contributed by atoms with Gasteiger partial charge in [-0.25, -0.2) is 36.7 Å². The van der Waals surface area contributed by atoms with Crippen LogP contribution in [0.1, 0.15) is 53.3 Å². The molecule has 0 spiro atoms. The highest BCUT2D eigenvalue weighted by molar-refractivity contribution is 7.48. The SMILES string of the molecule is C[C@@H]1[C@@H](CO)O[C@@H](n2ccc(=O)[nH]c2=O)[C@]1(C)NC(=O)C(F)(F)F.C[C@@]1(N)[C@H](O)[C@@H](COP(=O)(O)O)O[C@H]1n1ccc(=O)[nH]c1=O.N.O.[C-]#[N+]CCOP(=O)(OCC[N+]#[C-])OC[C@H]1O[C@@H](n2ccc(=O)[nH]c2=O)[C@](C)(NC(=O)C(F)(F)F)[C@@H]1C. The maximum Gasteiger partial charge on any atom is 0.475 e. The number of alkyl halides is 6. The van der Waals surface area contributed by atoms with E-state index in [1.165, 1.54) is 34.6 Å². The second-order valence-electron chi connectivity index (χ2n) is 18.6. The minimum Gasteiger partial charge on any atom is -0.412 e. The van der Waals surface area contributed by atoms with Crippen LogP contribution in [0.15, 0.2) is 65.6 Å². The quantitative estimate of drug-likeness (QED) is 0.0283. The van der Waals surface area contributed by atoms with E-state index < -0.39 is 165 Å². The normalized spacial score (nSPS) is 27.5. The number of carbonyl (C=O) groups excluding carboxylic acids is 2. The highest BCUT2D eigenvalue weighted by Gasteiger charge is 2.58. The smallest absolute Gasteiger partial charge is 0.412 e. The molecular weight excluding hydrogens is 1200 g/mol. The van der Waals surface area contributed by atoms with Gasteiger partial charge in [0.15, 0.2) is 18.7 Å². The van der Waals surface area contributed by atoms with Gasteiger partial charge in [-0.15, -0.1) is 0 Å². The maximum absolute atomic E-state index is 13.1. The standard InChI is InChI=1S/C19H23F3N5O8P.C13H16F3N3O5.C10H16N3O8P.H3N.H2O/c1-12-13(11-34-36(31,32-9-6-23-3)33-10-7-24-4)35-16(27-8-5-14(28)25-17(27)30)18(12,2)26-15(29)19(20,21)22;1-6-7(5-20)24-10(19-4-3-8(21)17-11(19)23)12(6,2)18-9(22)13(14,15)16;1-10(11)7(15)5(4-20-22(17,18)19)21-8(10)13-3-2-6(14)12-9(13)16;;/h5,8,12-13,16H,6-7,9-11H2,1-2H3,(H,26,29)(H,25,28,30);3-4,6-7,10,20H,5H2,1-2H3,(H,18,22)(H,17,21,23);2-3,5,7-8,15H,4,11H2,1H3,(H,12,14,16)(H2,17,18,19);1H3;1H2/t12-,13-,16-,18-;6-,7-,10-,12-;5-,7-,8-,10-;;/m111../s1. The summed E-state index contributed by atoms with van der Waals surface area (Å²) < 4.78 is 140. The van der Waals surface area contributed by atoms with Crippen LogP contribution < -0.4 is 56.3 Å². The first-order valence-electron chi connectivity index (χ1n) is 23.5. The lowest BCUT2D eigenvalue weighted by molar-refractivity contribution is -0.177. The van der Waals surface area contributed by atoms with Gasteiger partial charge in [-0.1, -0.05) is 13.8 Å². The summed E-state index contributed by atoms with van der Waals surface area (Å²) in [6.45, 7) is 17.6. The summed E-state index contributed by atoms with van der Waals surface area (Å²) >= 11 is 0. The predicted molar refractivity (Wildman–Crippen MR) is 270 cm³/mol. The number of phosphoric ester groups is 2. The molecule has 2 amide bonds. The highest BCUT2D eigenvalue weighted by atomic mass is 31.2. The summed E-state index contributed by atoms with van der Waals surface area (Å²) in [5, 5.41) is 23.2. The monoisotopic (exact) mass is 1260 g/mol. The van der Waals surface area contributed by atoms with E-state index in [1.807, 2.05) is 25.6 Å². The van der Waals surface area contributed by atoms with Crippen LogP contribution >= 0.6 is 15.6 Å². The van der Waals surface area contributed by atoms with E-state index in [1.54, 1.807) is 0 Å². The van der Waals surface area contributed by atoms with Crippen molar-refractivity contribution in [2.75, 3.05) is 46.1 Å². The zero-order valence-electron chi connectivity index (χ0n) is 44.5. The Morgan fingerprint density at radius 1 is 0.679 bits per heavy atom. The lowest BCUT2D eigenvalue weighted by Gasteiger charge is -2.35. The van der Waals surface area contributed by atoms with Crippen LogP contribution in [0.3, 0.4) is 0 Å². The maximum atomic E-state index is 13.1. The molecule has 16 N–H and O–H groups in total. The molecule has 0 bridgehead atoms. The molecule has 0 aliphatic carbocycles. The van der Waals surface area contributed by atoms with Crippen molar-refractivity contribution in [2.24, 2.45) is 17.6 Å². The fraction of sp³-hybridized carbons (Fsp3) is 0.619. The van der Waals surface area contributed by atoms with Gasteiger partial charge >= 0.3 is 56.9 Å². The van der Waals surface area contributed by atoms with Gasteiger partial charge in [-0.3, -0.25) is 70.7 Å². The Hall–Kier alpha value is -6.56. The van der Waals surface area contributed by atoms with Crippen molar-refractivity contribution in [1.29, 1.82) is 0 Å². The van der Waals surface area contributed by atoms with E-state index in [4.69, 9.17) is 56.4 Å². The molecule has 3 aromatic rings. The van der Waals surface area contributed by atoms with Gasteiger partial charge in [0.1, 0.15) is 25.4 Å². The van der Waals surface area contributed by atoms with E-state index in [9.17, 15) is 84.0 Å². The molecule has 472 valence electrons. The number of H-pyrrole nitrogens is 3. The summed E-state index contributed by atoms with van der Waals surface area (Å²) in [5.74, 6) is -6.22. The molecular formula is C42H60F6N12O22P2. The van der Waals surface area contributed by atoms with E-state index >= 15 is 0 Å². The molecule has 34 nitrogen and oxygen atoms in total. The first kappa shape index (κ1) is 73.5. The molecule has 6 heterocycles. The van der Waals surface area contributed by atoms with Crippen molar-refractivity contribution in [3.05, 3.63) is 122 Å². The first-order valence-corrected chi connectivity index (χ1v) is 26.5. The number of aliphatic hydroxyl groups is 2. The van der Waals surface area contributed by atoms with Crippen LogP contribution in [-0.2, 0) is 51.0 Å². The zero-order valence-corrected chi connectivity index (χ0v) is 46.3. The van der Waals surface area contributed by atoms with Gasteiger partial charge in [0.2, 0.25) is 13.1 Å². The molecule has 0 aromatic carbocycles. The van der Waals surface area contributed by atoms with E-state index in [0.29, 0.717) is 0 Å². The Labute approximate surface area is 467 Å². The molecule has 12 atom stereocenters. The van der Waals surface area contributed by atoms with Crippen LogP contribution in [0, 0.1) is 25.0 Å². The number of nitrogens with one attached hydrogen (secondary N) is 5. The van der Waals surface area contributed by atoms with E-state index in [2.05, 4.69) is 14.2 Å². The van der Waals surface area contributed by atoms with Gasteiger partial charge < -0.3 is 71.9 Å². The van der Waals surface area contributed by atoms with Crippen molar-refractivity contribution in [3.8, 4) is 0 Å². The number of hydrogen-bond donors (Lipinski definition) is 11. The summed E-state index contributed by atoms with van der Waals surface area (Å²) in [6.07, 6.45) is -15.8. The van der Waals surface area contributed by atoms with Crippen LogP contribution in [-0.4, -0.2) is 165 Å². The van der Waals surface area contributed by atoms with Crippen LogP contribution in [0.2, 0.25) is 0 Å². The third-order valence-corrected chi connectivity index (χ3v) is 14.9. The Kier molecular flexibility index (Phi) is 25.4. The number of rotatable bonds is 18. The Morgan fingerprint density at radius 2 is 1.02 bits per heavy atom. The Morgan fingerprint density at radius 3 is 1.37 bits per heavy atom. The summed E-state index contributed by atoms with van der Waals surface area (Å²) in [6, 6.07) is 3.01. The number of ether oxygens (including phenoxy) is 3. The van der Waals surface area contributed by atoms with Gasteiger partial charge in [0, 0.05) is 48.6 Å². The second-order valence-corrected chi connectivity index (χ2v) is 21.5. The molecule has 3 fully saturated rings. The number of amides is 2. The molecule has 0 unspecified atom stereocenters. The number of phosphoric acid groups is 2. The van der Waals surface area contributed by atoms with Crippen molar-refractivity contribution < 1.29 is 103 Å². The summed E-state index contributed by atoms with van der Waals surface area (Å²) in [4.78, 5) is 122. The zero-order chi connectivity index (χ0) is 62.1. The van der Waals surface area contributed by atoms with Crippen molar-refractivity contribution >= 4 is 27.5 Å². The molecule has 3 aliphatic heterocycles. The number of nitrogens with zero attached hydrogens (tertiary/aromatic N) is 5. The number of aromatic amines is 3. The molecule has 6 rings (SSSR count). The fourth-order valence-corrected chi connectivity index (χ4v) is 9.76. The first-order chi connectivity index (χ1) is 37.8. The largest absolute Gasteiger partial charge is 0.475 e. The van der Waals surface area contributed by atoms with Crippen LogP contribution in [0.25, 0.3) is 9.69 Å². The lowest BCUT2D eigenvalue weighted by atomic mass is 9.84. The number of carbonyl (C=O) groups is 2. The van der Waals surface area contributed by atoms with Crippen molar-refractivity contribution in [1.82, 2.24) is 45.4 Å². The number of hydrogen-bond acceptors (Lipinski definition) is 21. The molecule has 3 aliphatic rings. The number of nitrogens with two attached hydrogens (primary N) is 1. The van der Waals surface area contributed by atoms with Crippen molar-refractivity contribution in [2.45, 2.75) is 107 Å². The molecule has 0 radical (unpaired) electrons. The predicted octanol–water partition coefficient (Wildman–Crippen LogP) is -2.04. The average Bonchev–Trinajstić information content (AvgIpc) is 4.02. The van der Waals surface area contributed by atoms with Gasteiger partial charge in [-0.05, 0) is 20.8 Å². The average molecular weight is 1260 g/mol. The highest BCUT2D eigenvalue weighted by Crippen LogP contribution is 2.51. The van der Waals surface area contributed by atoms with Crippen molar-refractivity contribution in [3.63, 3.8) is 0 Å². The fourth-order valence-electron chi connectivity index (χ4n) is 8.26. The van der Waals surface area contributed by atoms with Gasteiger partial charge in [-0.2, -0.15) is 26.3 Å². The van der Waals surface area contributed by atoms with Gasteiger partial charge in [0.25, 0.3) is 16.7 Å². The van der Waals surface area contributed by atoms with E-state index in [-0.39, 0.29) is 37.9 Å². The second kappa shape index (κ2) is 29.0. The van der Waals surface area contributed by atoms with Gasteiger partial charge in [0.05, 0.1) is 48.6 Å². The van der Waals surface area contributed by atoms with Crippen LogP contribution in [0.5, 0.6) is 0 Å². The lowest BCUT2D eigenvalue weighted by Crippen LogP contribution is -2.58. The number of halogens is 6. The van der Waals surface area contributed by atoms with Crippen LogP contribution in [0.4, 0.5) is 26.3 Å². The number of aromatic nitrogens is 6. The molecule has 42 heteroatoms. The number of aliphatic hydroxyl groups excluding tert-OH is 2. The summed E-state index contributed by atoms with van der Waals surface area (Å²) in [7, 11) is -9.05. The molecule has 3 aromatic heterocycles. The minimum atomic E-state index is -5.25. The van der Waals surface area contributed by atoms with E-state index in [0.717, 1.165) is 50.5 Å². The topological polar surface area (TPSA) is 504 Å². The Balaban J connectivity index is 0.000000442.